The van der Waals surface area contributed by atoms with Crippen LogP contribution >= 0.6 is 0 Å². The first kappa shape index (κ1) is 29.8. The molecule has 2 amide bonds. The molecular weight excluding hydrogens is 517 g/mol. The lowest BCUT2D eigenvalue weighted by Crippen LogP contribution is -2.52. The molecule has 0 unspecified atom stereocenters. The molecule has 0 heterocycles. The Morgan fingerprint density at radius 1 is 0.949 bits per heavy atom. The normalized spacial score (nSPS) is 12.9. The number of rotatable bonds is 11. The maximum absolute atomic E-state index is 13.9. The van der Waals surface area contributed by atoms with Crippen LogP contribution in [-0.4, -0.2) is 43.8 Å². The van der Waals surface area contributed by atoms with Crippen molar-refractivity contribution in [3.05, 3.63) is 95.3 Å². The van der Waals surface area contributed by atoms with Gasteiger partial charge in [0.15, 0.2) is 0 Å². The van der Waals surface area contributed by atoms with Crippen molar-refractivity contribution in [2.45, 2.75) is 64.6 Å². The molecule has 1 N–H and O–H groups in total. The molecule has 0 aliphatic heterocycles. The van der Waals surface area contributed by atoms with Gasteiger partial charge >= 0.3 is 0 Å². The molecule has 0 aliphatic rings. The Hall–Kier alpha value is -3.72. The van der Waals surface area contributed by atoms with Crippen LogP contribution in [0.3, 0.4) is 0 Å². The van der Waals surface area contributed by atoms with Crippen LogP contribution in [0.5, 0.6) is 0 Å². The van der Waals surface area contributed by atoms with E-state index in [0.29, 0.717) is 23.2 Å². The number of carbonyl (C=O) groups is 2. The summed E-state index contributed by atoms with van der Waals surface area (Å²) in [5.74, 6) is -1.34. The summed E-state index contributed by atoms with van der Waals surface area (Å²) in [6, 6.07) is 17.9. The van der Waals surface area contributed by atoms with Crippen LogP contribution in [-0.2, 0) is 26.2 Å². The first-order valence-electron chi connectivity index (χ1n) is 12.9. The Morgan fingerprint density at radius 3 is 2.18 bits per heavy atom. The third-order valence-corrected chi connectivity index (χ3v) is 8.44. The first-order chi connectivity index (χ1) is 18.4. The van der Waals surface area contributed by atoms with Crippen LogP contribution in [0.4, 0.5) is 10.1 Å². The quantitative estimate of drug-likeness (QED) is 0.363. The number of amides is 2. The Balaban J connectivity index is 2.04. The lowest BCUT2D eigenvalue weighted by atomic mass is 10.1. The minimum absolute atomic E-state index is 0.000308. The van der Waals surface area contributed by atoms with E-state index in [4.69, 9.17) is 0 Å². The van der Waals surface area contributed by atoms with Crippen molar-refractivity contribution < 1.29 is 22.4 Å². The highest BCUT2D eigenvalue weighted by atomic mass is 32.2. The number of aryl methyl sites for hydroxylation is 2. The van der Waals surface area contributed by atoms with Gasteiger partial charge in [-0.1, -0.05) is 55.0 Å². The molecule has 3 aromatic carbocycles. The summed E-state index contributed by atoms with van der Waals surface area (Å²) in [5, 5.41) is 2.89. The van der Waals surface area contributed by atoms with E-state index in [-0.39, 0.29) is 23.4 Å². The van der Waals surface area contributed by atoms with E-state index in [9.17, 15) is 22.4 Å². The van der Waals surface area contributed by atoms with Crippen molar-refractivity contribution in [3.63, 3.8) is 0 Å². The average molecular weight is 554 g/mol. The molecule has 3 aromatic rings. The maximum Gasteiger partial charge on any atom is 0.264 e. The fourth-order valence-corrected chi connectivity index (χ4v) is 5.65. The molecule has 0 radical (unpaired) electrons. The fraction of sp³-hybridized carbons (Fsp3) is 0.333. The standard InChI is InChI=1S/C30H36FN3O4S/c1-6-23(4)32-30(36)24(5)33(19-25-13-15-26(31)16-14-25)29(35)20-34(28-17-12-21(2)18-22(28)3)39(37,38)27-10-8-7-9-11-27/h7-18,23-24H,6,19-20H2,1-5H3,(H,32,36)/t23-,24+/m0/s1. The Morgan fingerprint density at radius 2 is 1.59 bits per heavy atom. The van der Waals surface area contributed by atoms with E-state index in [1.54, 1.807) is 44.2 Å². The topological polar surface area (TPSA) is 86.8 Å². The van der Waals surface area contributed by atoms with Crippen LogP contribution in [0.25, 0.3) is 0 Å². The van der Waals surface area contributed by atoms with E-state index in [1.165, 1.54) is 41.3 Å². The summed E-state index contributed by atoms with van der Waals surface area (Å²) in [6.07, 6.45) is 0.708. The highest BCUT2D eigenvalue weighted by Crippen LogP contribution is 2.28. The number of carbonyl (C=O) groups excluding carboxylic acids is 2. The fourth-order valence-electron chi connectivity index (χ4n) is 4.15. The number of sulfonamides is 1. The van der Waals surface area contributed by atoms with Gasteiger partial charge in [-0.25, -0.2) is 12.8 Å². The van der Waals surface area contributed by atoms with Gasteiger partial charge in [0.2, 0.25) is 11.8 Å². The Kier molecular flexibility index (Phi) is 9.86. The van der Waals surface area contributed by atoms with Crippen molar-refractivity contribution in [3.8, 4) is 0 Å². The predicted octanol–water partition coefficient (Wildman–Crippen LogP) is 4.97. The zero-order valence-corrected chi connectivity index (χ0v) is 23.8. The lowest BCUT2D eigenvalue weighted by molar-refractivity contribution is -0.139. The van der Waals surface area contributed by atoms with Crippen molar-refractivity contribution in [1.29, 1.82) is 0 Å². The van der Waals surface area contributed by atoms with Gasteiger partial charge in [-0.2, -0.15) is 0 Å². The lowest BCUT2D eigenvalue weighted by Gasteiger charge is -2.33. The van der Waals surface area contributed by atoms with E-state index in [0.717, 1.165) is 9.87 Å². The average Bonchev–Trinajstić information content (AvgIpc) is 2.91. The van der Waals surface area contributed by atoms with Gasteiger partial charge < -0.3 is 10.2 Å². The summed E-state index contributed by atoms with van der Waals surface area (Å²) >= 11 is 0. The second-order valence-corrected chi connectivity index (χ2v) is 11.6. The summed E-state index contributed by atoms with van der Waals surface area (Å²) < 4.78 is 42.3. The van der Waals surface area contributed by atoms with Crippen molar-refractivity contribution >= 4 is 27.5 Å². The molecule has 0 aromatic heterocycles. The number of nitrogens with zero attached hydrogens (tertiary/aromatic N) is 2. The second kappa shape index (κ2) is 12.9. The van der Waals surface area contributed by atoms with Crippen molar-refractivity contribution in [1.82, 2.24) is 10.2 Å². The number of halogens is 1. The number of hydrogen-bond donors (Lipinski definition) is 1. The largest absolute Gasteiger partial charge is 0.352 e. The molecular formula is C30H36FN3O4S. The van der Waals surface area contributed by atoms with Crippen LogP contribution in [0.2, 0.25) is 0 Å². The molecule has 39 heavy (non-hydrogen) atoms. The highest BCUT2D eigenvalue weighted by Gasteiger charge is 2.33. The van der Waals surface area contributed by atoms with Gasteiger partial charge in [0.1, 0.15) is 18.4 Å². The van der Waals surface area contributed by atoms with Crippen molar-refractivity contribution in [2.75, 3.05) is 10.8 Å². The van der Waals surface area contributed by atoms with Gasteiger partial charge in [0.05, 0.1) is 10.6 Å². The molecule has 0 saturated carbocycles. The second-order valence-electron chi connectivity index (χ2n) is 9.76. The van der Waals surface area contributed by atoms with Gasteiger partial charge in [0, 0.05) is 12.6 Å². The molecule has 0 aliphatic carbocycles. The SMILES string of the molecule is CC[C@H](C)NC(=O)[C@@H](C)N(Cc1ccc(F)cc1)C(=O)CN(c1ccc(C)cc1C)S(=O)(=O)c1ccccc1. The molecule has 208 valence electrons. The monoisotopic (exact) mass is 553 g/mol. The van der Waals surface area contributed by atoms with Gasteiger partial charge in [0.25, 0.3) is 10.0 Å². The number of anilines is 1. The zero-order chi connectivity index (χ0) is 28.7. The molecule has 0 spiro atoms. The third-order valence-electron chi connectivity index (χ3n) is 6.67. The molecule has 7 nitrogen and oxygen atoms in total. The predicted molar refractivity (Wildman–Crippen MR) is 151 cm³/mol. The van der Waals surface area contributed by atoms with E-state index < -0.39 is 34.3 Å². The highest BCUT2D eigenvalue weighted by molar-refractivity contribution is 7.92. The maximum atomic E-state index is 13.9. The van der Waals surface area contributed by atoms with Crippen LogP contribution in [0, 0.1) is 19.7 Å². The molecule has 2 atom stereocenters. The van der Waals surface area contributed by atoms with E-state index >= 15 is 0 Å². The van der Waals surface area contributed by atoms with Gasteiger partial charge in [-0.05, 0) is 75.6 Å². The van der Waals surface area contributed by atoms with E-state index in [1.807, 2.05) is 26.8 Å². The van der Waals surface area contributed by atoms with Crippen LogP contribution in [0.1, 0.15) is 43.9 Å². The first-order valence-corrected chi connectivity index (χ1v) is 14.4. The number of hydrogen-bond acceptors (Lipinski definition) is 4. The summed E-state index contributed by atoms with van der Waals surface area (Å²) in [4.78, 5) is 28.4. The van der Waals surface area contributed by atoms with E-state index in [2.05, 4.69) is 5.32 Å². The molecule has 0 saturated heterocycles. The van der Waals surface area contributed by atoms with Gasteiger partial charge in [-0.3, -0.25) is 13.9 Å². The summed E-state index contributed by atoms with van der Waals surface area (Å²) in [5.41, 5.74) is 2.62. The molecule has 3 rings (SSSR count). The Bertz CT molecular complexity index is 1400. The van der Waals surface area contributed by atoms with Crippen molar-refractivity contribution in [2.24, 2.45) is 0 Å². The zero-order valence-electron chi connectivity index (χ0n) is 23.0. The molecule has 0 bridgehead atoms. The summed E-state index contributed by atoms with van der Waals surface area (Å²) in [7, 11) is -4.13. The third kappa shape index (κ3) is 7.44. The molecule has 9 heteroatoms. The smallest absolute Gasteiger partial charge is 0.264 e. The summed E-state index contributed by atoms with van der Waals surface area (Å²) in [6.45, 7) is 8.58. The number of benzene rings is 3. The van der Waals surface area contributed by atoms with Crippen LogP contribution < -0.4 is 9.62 Å². The van der Waals surface area contributed by atoms with Crippen LogP contribution in [0.15, 0.2) is 77.7 Å². The molecule has 0 fully saturated rings. The minimum atomic E-state index is -4.13. The Labute approximate surface area is 230 Å². The minimum Gasteiger partial charge on any atom is -0.352 e. The number of nitrogens with one attached hydrogen (secondary N) is 1. The van der Waals surface area contributed by atoms with Gasteiger partial charge in [-0.15, -0.1) is 0 Å².